The van der Waals surface area contributed by atoms with E-state index < -0.39 is 0 Å². The smallest absolute Gasteiger partial charge is 0.0305 e. The first-order valence-electron chi connectivity index (χ1n) is 5.10. The lowest BCUT2D eigenvalue weighted by Crippen LogP contribution is -2.20. The van der Waals surface area contributed by atoms with E-state index in [0.717, 1.165) is 12.1 Å². The maximum absolute atomic E-state index is 5.62. The zero-order valence-corrected chi connectivity index (χ0v) is 11.3. The first-order valence-corrected chi connectivity index (χ1v) is 6.36. The van der Waals surface area contributed by atoms with Crippen molar-refractivity contribution in [3.05, 3.63) is 32.5 Å². The number of nitrogens with one attached hydrogen (secondary N) is 1. The van der Waals surface area contributed by atoms with Crippen LogP contribution in [-0.2, 0) is 0 Å². The molecule has 1 unspecified atom stereocenters. The molecule has 1 N–H and O–H groups in total. The number of hydrogen-bond donors (Lipinski definition) is 1. The summed E-state index contributed by atoms with van der Waals surface area (Å²) in [5.74, 6) is 0. The Bertz CT molecular complexity index is 355. The summed E-state index contributed by atoms with van der Waals surface area (Å²) >= 11 is 7.47. The van der Waals surface area contributed by atoms with E-state index in [0.29, 0.717) is 6.04 Å². The number of hydrogen-bond acceptors (Lipinski definition) is 2. The molecular formula is C12H18ClNS. The van der Waals surface area contributed by atoms with Gasteiger partial charge in [-0.1, -0.05) is 11.6 Å². The Labute approximate surface area is 101 Å². The van der Waals surface area contributed by atoms with E-state index in [1.165, 1.54) is 15.3 Å². The Morgan fingerprint density at radius 3 is 2.73 bits per heavy atom. The number of rotatable bonds is 4. The van der Waals surface area contributed by atoms with E-state index in [9.17, 15) is 0 Å². The minimum Gasteiger partial charge on any atom is -0.306 e. The van der Waals surface area contributed by atoms with Crippen molar-refractivity contribution in [1.29, 1.82) is 0 Å². The van der Waals surface area contributed by atoms with Gasteiger partial charge in [0.25, 0.3) is 0 Å². The molecule has 0 aliphatic heterocycles. The summed E-state index contributed by atoms with van der Waals surface area (Å²) in [6.07, 6.45) is 0. The highest BCUT2D eigenvalue weighted by Gasteiger charge is 2.10. The van der Waals surface area contributed by atoms with Crippen LogP contribution in [0.25, 0.3) is 0 Å². The molecule has 0 amide bonds. The van der Waals surface area contributed by atoms with Crippen molar-refractivity contribution in [3.8, 4) is 0 Å². The van der Waals surface area contributed by atoms with Gasteiger partial charge in [0, 0.05) is 27.9 Å². The summed E-state index contributed by atoms with van der Waals surface area (Å²) in [5.41, 5.74) is 4.19. The second-order valence-electron chi connectivity index (χ2n) is 3.93. The first-order chi connectivity index (χ1) is 7.04. The van der Waals surface area contributed by atoms with Gasteiger partial charge < -0.3 is 5.32 Å². The summed E-state index contributed by atoms with van der Waals surface area (Å²) in [6.45, 7) is 9.39. The van der Waals surface area contributed by atoms with E-state index in [1.54, 1.807) is 5.54 Å². The van der Waals surface area contributed by atoms with Crippen LogP contribution in [0.2, 0.25) is 0 Å². The van der Waals surface area contributed by atoms with Crippen LogP contribution in [0.15, 0.2) is 17.2 Å². The molecule has 0 bridgehead atoms. The summed E-state index contributed by atoms with van der Waals surface area (Å²) in [4.78, 5) is 2.78. The Hall–Kier alpha value is -0.310. The molecule has 0 saturated carbocycles. The van der Waals surface area contributed by atoms with Gasteiger partial charge in [0.15, 0.2) is 0 Å². The summed E-state index contributed by atoms with van der Waals surface area (Å²) in [5, 5.41) is 3.46. The maximum Gasteiger partial charge on any atom is 0.0305 e. The molecule has 15 heavy (non-hydrogen) atoms. The predicted octanol–water partition coefficient (Wildman–Crippen LogP) is 4.16. The van der Waals surface area contributed by atoms with Gasteiger partial charge in [-0.05, 0) is 44.9 Å². The number of thiophene rings is 1. The Kier molecular flexibility index (Phi) is 4.84. The maximum atomic E-state index is 5.62. The molecule has 0 spiro atoms. The fourth-order valence-electron chi connectivity index (χ4n) is 1.54. The minimum atomic E-state index is 0.390. The molecule has 0 aliphatic carbocycles. The van der Waals surface area contributed by atoms with Crippen LogP contribution in [0.1, 0.15) is 35.2 Å². The fraction of sp³-hybridized carbons (Fsp3) is 0.500. The molecule has 1 aromatic heterocycles. The lowest BCUT2D eigenvalue weighted by atomic mass is 10.1. The summed E-state index contributed by atoms with van der Waals surface area (Å²) < 4.78 is 0. The normalized spacial score (nSPS) is 14.3. The van der Waals surface area contributed by atoms with Crippen LogP contribution in [-0.4, -0.2) is 6.54 Å². The molecule has 1 aromatic rings. The molecule has 1 heterocycles. The van der Waals surface area contributed by atoms with Gasteiger partial charge in [0.2, 0.25) is 0 Å². The van der Waals surface area contributed by atoms with Crippen LogP contribution < -0.4 is 5.32 Å². The second kappa shape index (κ2) is 5.69. The van der Waals surface area contributed by atoms with E-state index in [2.05, 4.69) is 32.2 Å². The second-order valence-corrected chi connectivity index (χ2v) is 5.61. The number of aryl methyl sites for hydroxylation is 2. The molecule has 0 radical (unpaired) electrons. The van der Waals surface area contributed by atoms with Gasteiger partial charge in [-0.2, -0.15) is 0 Å². The van der Waals surface area contributed by atoms with E-state index >= 15 is 0 Å². The molecule has 0 saturated heterocycles. The zero-order chi connectivity index (χ0) is 11.4. The molecule has 1 nitrogen and oxygen atoms in total. The molecule has 0 aliphatic rings. The van der Waals surface area contributed by atoms with Crippen molar-refractivity contribution in [3.63, 3.8) is 0 Å². The van der Waals surface area contributed by atoms with Gasteiger partial charge in [0.1, 0.15) is 0 Å². The fourth-order valence-corrected chi connectivity index (χ4v) is 2.64. The van der Waals surface area contributed by atoms with Gasteiger partial charge in [-0.15, -0.1) is 11.3 Å². The van der Waals surface area contributed by atoms with Crippen molar-refractivity contribution in [1.82, 2.24) is 5.32 Å². The molecular weight excluding hydrogens is 226 g/mol. The van der Waals surface area contributed by atoms with Gasteiger partial charge >= 0.3 is 0 Å². The lowest BCUT2D eigenvalue weighted by Gasteiger charge is -2.13. The van der Waals surface area contributed by atoms with Crippen LogP contribution in [0.4, 0.5) is 0 Å². The van der Waals surface area contributed by atoms with E-state index in [4.69, 9.17) is 11.6 Å². The summed E-state index contributed by atoms with van der Waals surface area (Å²) in [7, 11) is 0. The van der Waals surface area contributed by atoms with Gasteiger partial charge in [-0.25, -0.2) is 0 Å². The van der Waals surface area contributed by atoms with E-state index in [-0.39, 0.29) is 0 Å². The van der Waals surface area contributed by atoms with Crippen molar-refractivity contribution in [2.24, 2.45) is 0 Å². The number of halogens is 1. The zero-order valence-electron chi connectivity index (χ0n) is 9.73. The third-order valence-corrected chi connectivity index (χ3v) is 3.77. The molecule has 84 valence electrons. The molecule has 3 heteroatoms. The third-order valence-electron chi connectivity index (χ3n) is 2.42. The average molecular weight is 244 g/mol. The summed E-state index contributed by atoms with van der Waals surface area (Å²) in [6, 6.07) is 2.65. The molecule has 0 aromatic carbocycles. The molecule has 1 rings (SSSR count). The largest absolute Gasteiger partial charge is 0.306 e. The monoisotopic (exact) mass is 243 g/mol. The van der Waals surface area contributed by atoms with Gasteiger partial charge in [0.05, 0.1) is 0 Å². The van der Waals surface area contributed by atoms with Crippen molar-refractivity contribution in [2.75, 3.05) is 6.54 Å². The molecule has 0 fully saturated rings. The predicted molar refractivity (Wildman–Crippen MR) is 69.8 cm³/mol. The lowest BCUT2D eigenvalue weighted by molar-refractivity contribution is 0.606. The highest BCUT2D eigenvalue weighted by molar-refractivity contribution is 7.12. The van der Waals surface area contributed by atoms with Crippen LogP contribution in [0.3, 0.4) is 0 Å². The minimum absolute atomic E-state index is 0.390. The van der Waals surface area contributed by atoms with E-state index in [1.807, 2.05) is 18.3 Å². The van der Waals surface area contributed by atoms with Gasteiger partial charge in [-0.3, -0.25) is 0 Å². The Morgan fingerprint density at radius 2 is 2.27 bits per heavy atom. The Balaban J connectivity index is 2.61. The topological polar surface area (TPSA) is 12.0 Å². The van der Waals surface area contributed by atoms with Crippen molar-refractivity contribution >= 4 is 22.9 Å². The SMILES string of the molecule is C/C(=C\Cl)CNC(C)c1cc(C)sc1C. The highest BCUT2D eigenvalue weighted by Crippen LogP contribution is 2.26. The average Bonchev–Trinajstić information content (AvgIpc) is 2.53. The standard InChI is InChI=1S/C12H18ClNS/c1-8(6-13)7-14-10(3)12-5-9(2)15-11(12)4/h5-6,10,14H,7H2,1-4H3/b8-6+. The van der Waals surface area contributed by atoms with Crippen molar-refractivity contribution < 1.29 is 0 Å². The molecule has 1 atom stereocenters. The Morgan fingerprint density at radius 1 is 1.60 bits per heavy atom. The van der Waals surface area contributed by atoms with Crippen LogP contribution >= 0.6 is 22.9 Å². The first kappa shape index (κ1) is 12.8. The van der Waals surface area contributed by atoms with Crippen LogP contribution in [0, 0.1) is 13.8 Å². The quantitative estimate of drug-likeness (QED) is 0.838. The highest BCUT2D eigenvalue weighted by atomic mass is 35.5. The van der Waals surface area contributed by atoms with Crippen LogP contribution in [0.5, 0.6) is 0 Å². The third kappa shape index (κ3) is 3.63. The van der Waals surface area contributed by atoms with Crippen molar-refractivity contribution in [2.45, 2.75) is 33.7 Å².